The highest BCUT2D eigenvalue weighted by molar-refractivity contribution is 7.14. The Balaban J connectivity index is 1.48. The van der Waals surface area contributed by atoms with Crippen molar-refractivity contribution in [3.05, 3.63) is 64.0 Å². The summed E-state index contributed by atoms with van der Waals surface area (Å²) in [6, 6.07) is 15.4. The predicted octanol–water partition coefficient (Wildman–Crippen LogP) is 5.78. The lowest BCUT2D eigenvalue weighted by molar-refractivity contribution is 0.981. The molecule has 0 radical (unpaired) electrons. The van der Waals surface area contributed by atoms with E-state index in [1.54, 1.807) is 23.5 Å². The zero-order chi connectivity index (χ0) is 18.8. The quantitative estimate of drug-likeness (QED) is 0.549. The molecule has 0 atom stereocenters. The Hall–Kier alpha value is -2.41. The molecule has 2 aromatic carbocycles. The van der Waals surface area contributed by atoms with Crippen LogP contribution in [-0.4, -0.2) is 23.0 Å². The second-order valence-electron chi connectivity index (χ2n) is 5.92. The number of hydrazone groups is 2. The molecule has 8 heteroatoms. The van der Waals surface area contributed by atoms with E-state index in [4.69, 9.17) is 28.2 Å². The van der Waals surface area contributed by atoms with Gasteiger partial charge < -0.3 is 0 Å². The third kappa shape index (κ3) is 3.98. The summed E-state index contributed by atoms with van der Waals surface area (Å²) < 4.78 is 0. The minimum absolute atomic E-state index is 0.483. The lowest BCUT2D eigenvalue weighted by Crippen LogP contribution is -2.19. The normalized spacial score (nSPS) is 15.3. The van der Waals surface area contributed by atoms with Crippen LogP contribution in [0, 0.1) is 0 Å². The van der Waals surface area contributed by atoms with Gasteiger partial charge >= 0.3 is 0 Å². The topological polar surface area (TPSA) is 52.9 Å². The van der Waals surface area contributed by atoms with Gasteiger partial charge in [0.15, 0.2) is 0 Å². The van der Waals surface area contributed by atoms with Crippen LogP contribution in [0.2, 0.25) is 10.0 Å². The summed E-state index contributed by atoms with van der Waals surface area (Å²) in [6.07, 6.45) is 0. The summed E-state index contributed by atoms with van der Waals surface area (Å²) in [5, 5.41) is 14.8. The zero-order valence-electron chi connectivity index (χ0n) is 14.4. The number of anilines is 2. The first-order valence-corrected chi connectivity index (χ1v) is 9.85. The Morgan fingerprint density at radius 1 is 1.11 bits per heavy atom. The minimum atomic E-state index is 0.483. The molecule has 27 heavy (non-hydrogen) atoms. The van der Waals surface area contributed by atoms with Crippen LogP contribution < -0.4 is 10.4 Å². The standard InChI is InChI=1S/C19H15Cl2N5S/c1-12-17(24-23-14-7-8-15(20)16(21)9-14)10-26(25-12)19-22-18(11-27-19)13-5-3-2-4-6-13/h2-9,11,23H,10H2,1H3/b24-17+. The number of halogens is 2. The second kappa shape index (κ2) is 7.68. The van der Waals surface area contributed by atoms with Gasteiger partial charge in [-0.3, -0.25) is 5.43 Å². The van der Waals surface area contributed by atoms with Crippen molar-refractivity contribution in [2.24, 2.45) is 10.2 Å². The average molecular weight is 416 g/mol. The van der Waals surface area contributed by atoms with Crippen molar-refractivity contribution in [3.8, 4) is 11.3 Å². The number of aromatic nitrogens is 1. The lowest BCUT2D eigenvalue weighted by Gasteiger charge is -2.08. The molecular formula is C19H15Cl2N5S. The molecule has 0 bridgehead atoms. The van der Waals surface area contributed by atoms with Crippen LogP contribution in [0.5, 0.6) is 0 Å². The fraction of sp³-hybridized carbons (Fsp3) is 0.105. The predicted molar refractivity (Wildman–Crippen MR) is 116 cm³/mol. The first kappa shape index (κ1) is 18.0. The van der Waals surface area contributed by atoms with Crippen LogP contribution in [0.4, 0.5) is 10.8 Å². The van der Waals surface area contributed by atoms with E-state index in [1.165, 1.54) is 0 Å². The second-order valence-corrected chi connectivity index (χ2v) is 7.57. The first-order chi connectivity index (χ1) is 13.1. The highest BCUT2D eigenvalue weighted by Gasteiger charge is 2.22. The van der Waals surface area contributed by atoms with Crippen molar-refractivity contribution < 1.29 is 0 Å². The Labute approximate surface area is 171 Å². The summed E-state index contributed by atoms with van der Waals surface area (Å²) in [4.78, 5) is 4.70. The molecule has 1 aliphatic rings. The third-order valence-corrected chi connectivity index (χ3v) is 5.60. The molecule has 3 aromatic rings. The van der Waals surface area contributed by atoms with Gasteiger partial charge in [0.2, 0.25) is 5.13 Å². The number of hydrogen-bond acceptors (Lipinski definition) is 6. The van der Waals surface area contributed by atoms with E-state index in [9.17, 15) is 0 Å². The molecule has 0 fully saturated rings. The van der Waals surface area contributed by atoms with Crippen molar-refractivity contribution in [3.63, 3.8) is 0 Å². The molecule has 136 valence electrons. The van der Waals surface area contributed by atoms with Crippen molar-refractivity contribution >= 4 is 56.8 Å². The smallest absolute Gasteiger partial charge is 0.206 e. The number of hydrogen-bond donors (Lipinski definition) is 1. The van der Waals surface area contributed by atoms with Crippen molar-refractivity contribution in [1.82, 2.24) is 4.98 Å². The van der Waals surface area contributed by atoms with Crippen LogP contribution in [0.3, 0.4) is 0 Å². The highest BCUT2D eigenvalue weighted by Crippen LogP contribution is 2.29. The molecule has 5 nitrogen and oxygen atoms in total. The van der Waals surface area contributed by atoms with E-state index >= 15 is 0 Å². The largest absolute Gasteiger partial charge is 0.278 e. The molecule has 2 heterocycles. The summed E-state index contributed by atoms with van der Waals surface area (Å²) >= 11 is 13.5. The molecule has 0 saturated heterocycles. The Morgan fingerprint density at radius 3 is 2.70 bits per heavy atom. The number of nitrogens with zero attached hydrogens (tertiary/aromatic N) is 4. The molecule has 1 N–H and O–H groups in total. The molecule has 0 saturated carbocycles. The fourth-order valence-electron chi connectivity index (χ4n) is 2.58. The molecule has 0 spiro atoms. The molecule has 4 rings (SSSR count). The maximum absolute atomic E-state index is 6.03. The molecule has 0 amide bonds. The minimum Gasteiger partial charge on any atom is -0.278 e. The Morgan fingerprint density at radius 2 is 1.93 bits per heavy atom. The monoisotopic (exact) mass is 415 g/mol. The molecule has 0 aliphatic carbocycles. The SMILES string of the molecule is CC1=NN(c2nc(-c3ccccc3)cs2)C/C1=N\Nc1ccc(Cl)c(Cl)c1. The number of rotatable bonds is 4. The van der Waals surface area contributed by atoms with E-state index in [0.29, 0.717) is 16.6 Å². The van der Waals surface area contributed by atoms with E-state index in [0.717, 1.165) is 33.5 Å². The fourth-order valence-corrected chi connectivity index (χ4v) is 3.66. The molecule has 0 unspecified atom stereocenters. The maximum Gasteiger partial charge on any atom is 0.206 e. The van der Waals surface area contributed by atoms with Gasteiger partial charge in [-0.1, -0.05) is 53.5 Å². The molecular weight excluding hydrogens is 401 g/mol. The number of nitrogens with one attached hydrogen (secondary N) is 1. The van der Waals surface area contributed by atoms with Crippen LogP contribution in [0.1, 0.15) is 6.92 Å². The van der Waals surface area contributed by atoms with Gasteiger partial charge in [-0.05, 0) is 25.1 Å². The summed E-state index contributed by atoms with van der Waals surface area (Å²) in [5.41, 5.74) is 7.51. The third-order valence-electron chi connectivity index (χ3n) is 4.01. The van der Waals surface area contributed by atoms with E-state index in [1.807, 2.05) is 53.7 Å². The highest BCUT2D eigenvalue weighted by atomic mass is 35.5. The van der Waals surface area contributed by atoms with Crippen LogP contribution >= 0.6 is 34.5 Å². The molecule has 1 aliphatic heterocycles. The van der Waals surface area contributed by atoms with E-state index in [-0.39, 0.29) is 0 Å². The van der Waals surface area contributed by atoms with E-state index < -0.39 is 0 Å². The average Bonchev–Trinajstić information content (AvgIpc) is 3.30. The van der Waals surface area contributed by atoms with Gasteiger partial charge in [-0.2, -0.15) is 10.2 Å². The van der Waals surface area contributed by atoms with Crippen molar-refractivity contribution in [2.45, 2.75) is 6.92 Å². The summed E-state index contributed by atoms with van der Waals surface area (Å²) in [7, 11) is 0. The van der Waals surface area contributed by atoms with Crippen LogP contribution in [0.25, 0.3) is 11.3 Å². The van der Waals surface area contributed by atoms with Gasteiger partial charge in [0.25, 0.3) is 0 Å². The maximum atomic E-state index is 6.03. The van der Waals surface area contributed by atoms with Gasteiger partial charge in [-0.25, -0.2) is 9.99 Å². The van der Waals surface area contributed by atoms with Crippen molar-refractivity contribution in [2.75, 3.05) is 17.0 Å². The Kier molecular flexibility index (Phi) is 5.11. The van der Waals surface area contributed by atoms with Crippen LogP contribution in [-0.2, 0) is 0 Å². The summed E-state index contributed by atoms with van der Waals surface area (Å²) in [5.74, 6) is 0. The summed E-state index contributed by atoms with van der Waals surface area (Å²) in [6.45, 7) is 2.49. The van der Waals surface area contributed by atoms with Gasteiger partial charge in [0.1, 0.15) is 5.71 Å². The Bertz CT molecular complexity index is 1030. The number of benzene rings is 2. The van der Waals surface area contributed by atoms with Gasteiger partial charge in [-0.15, -0.1) is 11.3 Å². The van der Waals surface area contributed by atoms with Gasteiger partial charge in [0.05, 0.1) is 33.7 Å². The first-order valence-electron chi connectivity index (χ1n) is 8.22. The number of thiazole rings is 1. The lowest BCUT2D eigenvalue weighted by atomic mass is 10.2. The molecule has 1 aromatic heterocycles. The van der Waals surface area contributed by atoms with Crippen molar-refractivity contribution in [1.29, 1.82) is 0 Å². The zero-order valence-corrected chi connectivity index (χ0v) is 16.7. The van der Waals surface area contributed by atoms with Gasteiger partial charge in [0, 0.05) is 10.9 Å². The van der Waals surface area contributed by atoms with E-state index in [2.05, 4.69) is 15.6 Å². The van der Waals surface area contributed by atoms with Crippen LogP contribution in [0.15, 0.2) is 64.1 Å².